The van der Waals surface area contributed by atoms with E-state index in [-0.39, 0.29) is 18.4 Å². The number of hydrogen-bond acceptors (Lipinski definition) is 4. The first-order valence-corrected chi connectivity index (χ1v) is 8.38. The first-order valence-electron chi connectivity index (χ1n) is 8.38. The van der Waals surface area contributed by atoms with Gasteiger partial charge in [0, 0.05) is 11.5 Å². The lowest BCUT2D eigenvalue weighted by Gasteiger charge is -2.43. The van der Waals surface area contributed by atoms with Crippen LogP contribution in [0.5, 0.6) is 0 Å². The predicted octanol–water partition coefficient (Wildman–Crippen LogP) is 4.73. The van der Waals surface area contributed by atoms with Gasteiger partial charge in [-0.3, -0.25) is 4.79 Å². The normalized spacial score (nSPS) is 17.7. The third-order valence-electron chi connectivity index (χ3n) is 4.39. The van der Waals surface area contributed by atoms with Crippen molar-refractivity contribution in [2.24, 2.45) is 11.8 Å². The molecule has 1 rings (SSSR count). The van der Waals surface area contributed by atoms with Crippen molar-refractivity contribution >= 4 is 11.9 Å². The van der Waals surface area contributed by atoms with E-state index in [0.29, 0.717) is 12.8 Å². The molecule has 4 nitrogen and oxygen atoms in total. The highest BCUT2D eigenvalue weighted by atomic mass is 19.4. The first-order chi connectivity index (χ1) is 12.1. The van der Waals surface area contributed by atoms with Crippen LogP contribution in [0.4, 0.5) is 26.3 Å². The van der Waals surface area contributed by atoms with Crippen molar-refractivity contribution in [3.05, 3.63) is 12.2 Å². The Kier molecular flexibility index (Phi) is 6.99. The van der Waals surface area contributed by atoms with Crippen LogP contribution in [0.15, 0.2) is 12.2 Å². The van der Waals surface area contributed by atoms with Gasteiger partial charge in [-0.1, -0.05) is 33.3 Å². The molecule has 1 unspecified atom stereocenters. The number of alkyl halides is 6. The molecule has 0 bridgehead atoms. The smallest absolute Gasteiger partial charge is 0.441 e. The monoisotopic (exact) mass is 404 g/mol. The molecule has 0 aromatic heterocycles. The lowest BCUT2D eigenvalue weighted by molar-refractivity contribution is -0.397. The zero-order valence-corrected chi connectivity index (χ0v) is 15.2. The molecule has 1 aliphatic carbocycles. The minimum atomic E-state index is -6.06. The van der Waals surface area contributed by atoms with Gasteiger partial charge >= 0.3 is 29.9 Å². The summed E-state index contributed by atoms with van der Waals surface area (Å²) in [4.78, 5) is 23.6. The van der Waals surface area contributed by atoms with Gasteiger partial charge in [0.25, 0.3) is 0 Å². The van der Waals surface area contributed by atoms with Crippen molar-refractivity contribution in [3.63, 3.8) is 0 Å². The SMILES string of the molecule is C=C(C)C(=O)OC(C1CCCC1)C(OC(=O)C(C)C)(C(F)(F)F)C(F)(F)F. The van der Waals surface area contributed by atoms with E-state index in [0.717, 1.165) is 20.8 Å². The van der Waals surface area contributed by atoms with Crippen LogP contribution in [0.1, 0.15) is 46.5 Å². The average Bonchev–Trinajstić information content (AvgIpc) is 3.01. The lowest BCUT2D eigenvalue weighted by atomic mass is 9.83. The van der Waals surface area contributed by atoms with E-state index in [9.17, 15) is 35.9 Å². The van der Waals surface area contributed by atoms with Gasteiger partial charge in [0.2, 0.25) is 0 Å². The Morgan fingerprint density at radius 3 is 1.78 bits per heavy atom. The van der Waals surface area contributed by atoms with Crippen LogP contribution in [-0.2, 0) is 19.1 Å². The van der Waals surface area contributed by atoms with Crippen LogP contribution in [-0.4, -0.2) is 36.0 Å². The van der Waals surface area contributed by atoms with Crippen molar-refractivity contribution in [2.45, 2.75) is 70.5 Å². The maximum Gasteiger partial charge on any atom is 0.441 e. The zero-order chi connectivity index (χ0) is 21.2. The van der Waals surface area contributed by atoms with Crippen molar-refractivity contribution in [1.82, 2.24) is 0 Å². The summed E-state index contributed by atoms with van der Waals surface area (Å²) in [5, 5.41) is 0. The summed E-state index contributed by atoms with van der Waals surface area (Å²) in [7, 11) is 0. The van der Waals surface area contributed by atoms with Crippen LogP contribution >= 0.6 is 0 Å². The fourth-order valence-corrected chi connectivity index (χ4v) is 2.92. The van der Waals surface area contributed by atoms with Gasteiger partial charge in [-0.25, -0.2) is 4.79 Å². The Labute approximate surface area is 152 Å². The highest BCUT2D eigenvalue weighted by Crippen LogP contribution is 2.53. The highest BCUT2D eigenvalue weighted by molar-refractivity contribution is 5.87. The molecule has 156 valence electrons. The second kappa shape index (κ2) is 8.10. The van der Waals surface area contributed by atoms with E-state index in [1.807, 2.05) is 0 Å². The molecular weight excluding hydrogens is 382 g/mol. The Balaban J connectivity index is 3.62. The largest absolute Gasteiger partial charge is 0.454 e. The van der Waals surface area contributed by atoms with E-state index in [1.54, 1.807) is 0 Å². The Morgan fingerprint density at radius 1 is 1.00 bits per heavy atom. The third-order valence-corrected chi connectivity index (χ3v) is 4.39. The number of hydrogen-bond donors (Lipinski definition) is 0. The number of ether oxygens (including phenoxy) is 2. The van der Waals surface area contributed by atoms with Gasteiger partial charge in [0.05, 0.1) is 5.92 Å². The summed E-state index contributed by atoms with van der Waals surface area (Å²) in [5.41, 5.74) is -5.33. The van der Waals surface area contributed by atoms with Gasteiger partial charge in [0.1, 0.15) is 0 Å². The standard InChI is InChI=1S/C17H22F6O4/c1-9(2)13(24)26-12(11-7-5-6-8-11)15(16(18,19)20,17(21,22)23)27-14(25)10(3)4/h10-12H,1,5-8H2,2-4H3. The molecule has 0 aromatic carbocycles. The molecule has 1 atom stereocenters. The Hall–Kier alpha value is -1.74. The van der Waals surface area contributed by atoms with E-state index < -0.39 is 47.8 Å². The summed E-state index contributed by atoms with van der Waals surface area (Å²) in [6, 6.07) is 0. The van der Waals surface area contributed by atoms with Gasteiger partial charge in [-0.15, -0.1) is 0 Å². The molecule has 0 spiro atoms. The molecule has 0 aromatic rings. The second-order valence-electron chi connectivity index (χ2n) is 6.96. The Bertz CT molecular complexity index is 559. The molecule has 27 heavy (non-hydrogen) atoms. The van der Waals surface area contributed by atoms with Gasteiger partial charge in [-0.2, -0.15) is 26.3 Å². The number of rotatable bonds is 6. The number of esters is 2. The molecule has 1 saturated carbocycles. The first kappa shape index (κ1) is 23.3. The van der Waals surface area contributed by atoms with Crippen LogP contribution in [0.25, 0.3) is 0 Å². The van der Waals surface area contributed by atoms with Gasteiger partial charge in [-0.05, 0) is 19.8 Å². The van der Waals surface area contributed by atoms with E-state index >= 15 is 0 Å². The molecule has 0 aliphatic heterocycles. The predicted molar refractivity (Wildman–Crippen MR) is 82.4 cm³/mol. The van der Waals surface area contributed by atoms with Crippen molar-refractivity contribution in [3.8, 4) is 0 Å². The fourth-order valence-electron chi connectivity index (χ4n) is 2.92. The molecule has 0 heterocycles. The molecule has 0 saturated heterocycles. The average molecular weight is 404 g/mol. The quantitative estimate of drug-likeness (QED) is 0.365. The molecule has 0 radical (unpaired) electrons. The number of carbonyl (C=O) groups excluding carboxylic acids is 2. The van der Waals surface area contributed by atoms with Crippen LogP contribution in [0, 0.1) is 11.8 Å². The lowest BCUT2D eigenvalue weighted by Crippen LogP contribution is -2.69. The second-order valence-corrected chi connectivity index (χ2v) is 6.96. The molecular formula is C17H22F6O4. The molecule has 0 N–H and O–H groups in total. The van der Waals surface area contributed by atoms with Gasteiger partial charge in [0.15, 0.2) is 6.10 Å². The molecule has 10 heteroatoms. The third kappa shape index (κ3) is 4.76. The maximum absolute atomic E-state index is 13.8. The number of halogens is 6. The minimum absolute atomic E-state index is 0.0265. The topological polar surface area (TPSA) is 52.6 Å². The van der Waals surface area contributed by atoms with Crippen molar-refractivity contribution in [2.75, 3.05) is 0 Å². The van der Waals surface area contributed by atoms with E-state index in [2.05, 4.69) is 16.1 Å². The van der Waals surface area contributed by atoms with Crippen molar-refractivity contribution < 1.29 is 45.4 Å². The van der Waals surface area contributed by atoms with Crippen LogP contribution < -0.4 is 0 Å². The summed E-state index contributed by atoms with van der Waals surface area (Å²) in [6.45, 7) is 6.48. The molecule has 1 fully saturated rings. The Morgan fingerprint density at radius 2 is 1.44 bits per heavy atom. The van der Waals surface area contributed by atoms with Gasteiger partial charge < -0.3 is 9.47 Å². The summed E-state index contributed by atoms with van der Waals surface area (Å²) in [6.07, 6.45) is -14.2. The minimum Gasteiger partial charge on any atom is -0.454 e. The fraction of sp³-hybridized carbons (Fsp3) is 0.765. The molecule has 0 amide bonds. The van der Waals surface area contributed by atoms with Crippen molar-refractivity contribution in [1.29, 1.82) is 0 Å². The highest BCUT2D eigenvalue weighted by Gasteiger charge is 2.80. The maximum atomic E-state index is 13.8. The van der Waals surface area contributed by atoms with Crippen LogP contribution in [0.3, 0.4) is 0 Å². The van der Waals surface area contributed by atoms with E-state index in [4.69, 9.17) is 0 Å². The zero-order valence-electron chi connectivity index (χ0n) is 15.2. The molecule has 1 aliphatic rings. The number of carbonyl (C=O) groups is 2. The van der Waals surface area contributed by atoms with E-state index in [1.165, 1.54) is 0 Å². The summed E-state index contributed by atoms with van der Waals surface area (Å²) in [5.74, 6) is -5.63. The summed E-state index contributed by atoms with van der Waals surface area (Å²) < 4.78 is 91.8. The summed E-state index contributed by atoms with van der Waals surface area (Å²) >= 11 is 0. The van der Waals surface area contributed by atoms with Crippen LogP contribution in [0.2, 0.25) is 0 Å².